The van der Waals surface area contributed by atoms with E-state index >= 15 is 0 Å². The average Bonchev–Trinajstić information content (AvgIpc) is 3.23. The smallest absolute Gasteiger partial charge is 0.350 e. The van der Waals surface area contributed by atoms with Gasteiger partial charge in [0.25, 0.3) is 5.69 Å². The molecule has 13 heteroatoms. The molecule has 0 aliphatic carbocycles. The number of carbonyl (C=O) groups excluding carboxylic acids is 1. The van der Waals surface area contributed by atoms with E-state index in [1.165, 1.54) is 33.3 Å². The maximum absolute atomic E-state index is 12.7. The third-order valence-corrected chi connectivity index (χ3v) is 4.51. The molecule has 1 amide bonds. The minimum Gasteiger partial charge on any atom is -0.493 e. The molecule has 0 radical (unpaired) electrons. The van der Waals surface area contributed by atoms with Gasteiger partial charge in [-0.05, 0) is 19.1 Å². The van der Waals surface area contributed by atoms with Crippen LogP contribution in [0.1, 0.15) is 13.0 Å². The average molecular weight is 457 g/mol. The number of amides is 1. The van der Waals surface area contributed by atoms with Gasteiger partial charge in [-0.3, -0.25) is 25.0 Å². The van der Waals surface area contributed by atoms with Crippen molar-refractivity contribution in [3.8, 4) is 23.1 Å². The summed E-state index contributed by atoms with van der Waals surface area (Å²) in [6.07, 6.45) is 1.06. The molecule has 172 valence electrons. The fraction of sp³-hybridized carbons (Fsp3) is 0.200. The Morgan fingerprint density at radius 1 is 1.06 bits per heavy atom. The predicted octanol–water partition coefficient (Wildman–Crippen LogP) is 3.71. The van der Waals surface area contributed by atoms with Crippen molar-refractivity contribution in [2.45, 2.75) is 13.0 Å². The van der Waals surface area contributed by atoms with Crippen LogP contribution in [0, 0.1) is 20.2 Å². The lowest BCUT2D eigenvalue weighted by atomic mass is 10.2. The van der Waals surface area contributed by atoms with Crippen LogP contribution in [0.25, 0.3) is 0 Å². The van der Waals surface area contributed by atoms with Crippen molar-refractivity contribution in [3.63, 3.8) is 0 Å². The van der Waals surface area contributed by atoms with Crippen LogP contribution in [0.4, 0.5) is 17.1 Å². The second-order valence-electron chi connectivity index (χ2n) is 6.65. The van der Waals surface area contributed by atoms with Gasteiger partial charge in [0.2, 0.25) is 5.91 Å². The molecule has 13 nitrogen and oxygen atoms in total. The summed E-state index contributed by atoms with van der Waals surface area (Å²) in [5, 5.41) is 28.9. The summed E-state index contributed by atoms with van der Waals surface area (Å²) in [4.78, 5) is 33.9. The lowest BCUT2D eigenvalue weighted by molar-refractivity contribution is -0.385. The third kappa shape index (κ3) is 5.15. The van der Waals surface area contributed by atoms with E-state index in [0.29, 0.717) is 11.5 Å². The number of methoxy groups -OCH3 is 2. The number of carbonyl (C=O) groups is 1. The number of ether oxygens (including phenoxy) is 3. The first-order chi connectivity index (χ1) is 15.7. The molecule has 0 bridgehead atoms. The summed E-state index contributed by atoms with van der Waals surface area (Å²) < 4.78 is 16.9. The van der Waals surface area contributed by atoms with E-state index in [1.807, 2.05) is 0 Å². The summed E-state index contributed by atoms with van der Waals surface area (Å²) in [5.41, 5.74) is -0.638. The molecule has 0 saturated heterocycles. The van der Waals surface area contributed by atoms with Gasteiger partial charge in [0.15, 0.2) is 11.5 Å². The minimum atomic E-state index is -0.995. The zero-order valence-electron chi connectivity index (χ0n) is 17.8. The van der Waals surface area contributed by atoms with E-state index in [2.05, 4.69) is 10.4 Å². The molecule has 0 spiro atoms. The maximum atomic E-state index is 12.7. The van der Waals surface area contributed by atoms with Crippen molar-refractivity contribution in [2.75, 3.05) is 19.5 Å². The van der Waals surface area contributed by atoms with Crippen molar-refractivity contribution < 1.29 is 28.9 Å². The number of nitrogens with one attached hydrogen (secondary N) is 1. The summed E-state index contributed by atoms with van der Waals surface area (Å²) in [7, 11) is 2.67. The topological polar surface area (TPSA) is 161 Å². The molecular weight excluding hydrogens is 438 g/mol. The first kappa shape index (κ1) is 23.0. The maximum Gasteiger partial charge on any atom is 0.350 e. The van der Waals surface area contributed by atoms with Crippen LogP contribution in [0.3, 0.4) is 0 Å². The molecule has 33 heavy (non-hydrogen) atoms. The van der Waals surface area contributed by atoms with Crippen LogP contribution in [0.2, 0.25) is 0 Å². The quantitative estimate of drug-likeness (QED) is 0.373. The molecule has 0 aliphatic rings. The molecule has 1 N–H and O–H groups in total. The number of nitro benzene ring substituents is 1. The SMILES string of the molecule is COc1ccccc1Oc1cc(NC(=O)C(C)n2cc([N+](=O)[O-])c(OC)n2)cc([N+](=O)[O-])c1. The van der Waals surface area contributed by atoms with Gasteiger partial charge >= 0.3 is 11.6 Å². The Hall–Kier alpha value is -4.68. The Kier molecular flexibility index (Phi) is 6.71. The van der Waals surface area contributed by atoms with Crippen molar-refractivity contribution in [1.82, 2.24) is 9.78 Å². The van der Waals surface area contributed by atoms with E-state index < -0.39 is 27.5 Å². The van der Waals surface area contributed by atoms with Crippen LogP contribution in [-0.4, -0.2) is 39.8 Å². The van der Waals surface area contributed by atoms with E-state index in [9.17, 15) is 25.0 Å². The molecule has 0 fully saturated rings. The van der Waals surface area contributed by atoms with Crippen LogP contribution < -0.4 is 19.5 Å². The van der Waals surface area contributed by atoms with Crippen LogP contribution in [0.15, 0.2) is 48.7 Å². The molecule has 2 aromatic carbocycles. The fourth-order valence-corrected chi connectivity index (χ4v) is 2.85. The van der Waals surface area contributed by atoms with E-state index in [4.69, 9.17) is 14.2 Å². The molecule has 3 rings (SSSR count). The number of nitrogens with zero attached hydrogens (tertiary/aromatic N) is 4. The lowest BCUT2D eigenvalue weighted by Crippen LogP contribution is -2.24. The minimum absolute atomic E-state index is 0.0829. The number of nitro groups is 2. The summed E-state index contributed by atoms with van der Waals surface area (Å²) in [6, 6.07) is 9.49. The second kappa shape index (κ2) is 9.64. The Labute approximate surface area is 186 Å². The summed E-state index contributed by atoms with van der Waals surface area (Å²) >= 11 is 0. The zero-order chi connectivity index (χ0) is 24.1. The number of rotatable bonds is 9. The zero-order valence-corrected chi connectivity index (χ0v) is 17.8. The molecule has 1 atom stereocenters. The number of anilines is 1. The normalized spacial score (nSPS) is 11.4. The van der Waals surface area contributed by atoms with Crippen molar-refractivity contribution >= 4 is 23.0 Å². The Morgan fingerprint density at radius 2 is 1.76 bits per heavy atom. The monoisotopic (exact) mass is 457 g/mol. The van der Waals surface area contributed by atoms with Gasteiger partial charge in [0.1, 0.15) is 18.0 Å². The van der Waals surface area contributed by atoms with Gasteiger partial charge in [-0.25, -0.2) is 4.68 Å². The molecule has 0 saturated carbocycles. The second-order valence-corrected chi connectivity index (χ2v) is 6.65. The van der Waals surface area contributed by atoms with Crippen LogP contribution >= 0.6 is 0 Å². The Morgan fingerprint density at radius 3 is 2.33 bits per heavy atom. The predicted molar refractivity (Wildman–Crippen MR) is 115 cm³/mol. The van der Waals surface area contributed by atoms with Gasteiger partial charge in [0.05, 0.1) is 35.8 Å². The van der Waals surface area contributed by atoms with Crippen molar-refractivity contribution in [1.29, 1.82) is 0 Å². The number of aromatic nitrogens is 2. The summed E-state index contributed by atoms with van der Waals surface area (Å²) in [5.74, 6) is -0.0474. The molecular formula is C20H19N5O8. The highest BCUT2D eigenvalue weighted by Gasteiger charge is 2.25. The molecule has 3 aromatic rings. The van der Waals surface area contributed by atoms with Crippen molar-refractivity contribution in [3.05, 3.63) is 68.9 Å². The number of para-hydroxylation sites is 2. The largest absolute Gasteiger partial charge is 0.493 e. The number of benzene rings is 2. The summed E-state index contributed by atoms with van der Waals surface area (Å²) in [6.45, 7) is 1.45. The lowest BCUT2D eigenvalue weighted by Gasteiger charge is -2.14. The van der Waals surface area contributed by atoms with E-state index in [1.54, 1.807) is 24.3 Å². The van der Waals surface area contributed by atoms with Crippen LogP contribution in [0.5, 0.6) is 23.1 Å². The van der Waals surface area contributed by atoms with Crippen LogP contribution in [-0.2, 0) is 4.79 Å². The highest BCUT2D eigenvalue weighted by molar-refractivity contribution is 5.94. The Bertz CT molecular complexity index is 1210. The van der Waals surface area contributed by atoms with E-state index in [-0.39, 0.29) is 23.0 Å². The van der Waals surface area contributed by atoms with Gasteiger partial charge in [-0.2, -0.15) is 0 Å². The van der Waals surface area contributed by atoms with Gasteiger partial charge in [0, 0.05) is 12.1 Å². The Balaban J connectivity index is 1.87. The number of hydrogen-bond donors (Lipinski definition) is 1. The molecule has 0 aliphatic heterocycles. The first-order valence-corrected chi connectivity index (χ1v) is 9.42. The van der Waals surface area contributed by atoms with Gasteiger partial charge < -0.3 is 19.5 Å². The third-order valence-electron chi connectivity index (χ3n) is 4.51. The van der Waals surface area contributed by atoms with Gasteiger partial charge in [-0.15, -0.1) is 5.10 Å². The highest BCUT2D eigenvalue weighted by atomic mass is 16.6. The van der Waals surface area contributed by atoms with E-state index in [0.717, 1.165) is 16.9 Å². The molecule has 1 aromatic heterocycles. The number of hydrogen-bond acceptors (Lipinski definition) is 9. The standard InChI is InChI=1S/C20H19N5O8/c1-12(23-11-16(25(29)30)20(22-23)32-3)19(26)21-13-8-14(24(27)28)10-15(9-13)33-18-7-5-4-6-17(18)31-2/h4-12H,1-3H3,(H,21,26). The molecule has 1 heterocycles. The first-order valence-electron chi connectivity index (χ1n) is 9.42. The molecule has 1 unspecified atom stereocenters. The highest BCUT2D eigenvalue weighted by Crippen LogP contribution is 2.34. The fourth-order valence-electron chi connectivity index (χ4n) is 2.85. The van der Waals surface area contributed by atoms with Crippen molar-refractivity contribution in [2.24, 2.45) is 0 Å². The number of non-ortho nitro benzene ring substituents is 1. The van der Waals surface area contributed by atoms with Gasteiger partial charge in [-0.1, -0.05) is 12.1 Å².